The predicted octanol–water partition coefficient (Wildman–Crippen LogP) is 7.31. The molecule has 0 unspecified atom stereocenters. The minimum atomic E-state index is 1.20. The Kier molecular flexibility index (Phi) is 6.42. The van der Waals surface area contributed by atoms with Gasteiger partial charge in [0, 0.05) is 39.6 Å². The van der Waals surface area contributed by atoms with Crippen molar-refractivity contribution in [2.45, 2.75) is 0 Å². The van der Waals surface area contributed by atoms with Gasteiger partial charge in [0.25, 0.3) is 0 Å². The van der Waals surface area contributed by atoms with E-state index in [4.69, 9.17) is 0 Å². The minimum Gasteiger partial charge on any atom is -0.378 e. The fourth-order valence-electron chi connectivity index (χ4n) is 3.78. The molecule has 0 fully saturated rings. The summed E-state index contributed by atoms with van der Waals surface area (Å²) in [6.45, 7) is 0. The molecule has 0 heterocycles. The summed E-state index contributed by atoms with van der Waals surface area (Å²) in [5.41, 5.74) is 7.27. The number of benzene rings is 4. The predicted molar refractivity (Wildman–Crippen MR) is 143 cm³/mol. The molecular weight excluding hydrogens is 388 g/mol. The summed E-state index contributed by atoms with van der Waals surface area (Å²) in [6.07, 6.45) is 8.78. The first-order valence-electron chi connectivity index (χ1n) is 10.9. The average molecular weight is 419 g/mol. The Hall–Kier alpha value is -3.78. The quantitative estimate of drug-likeness (QED) is 0.303. The van der Waals surface area contributed by atoms with Gasteiger partial charge in [-0.15, -0.1) is 0 Å². The molecule has 0 N–H and O–H groups in total. The number of hydrogen-bond donors (Lipinski definition) is 0. The maximum Gasteiger partial charge on any atom is 0.0361 e. The van der Waals surface area contributed by atoms with E-state index in [1.807, 2.05) is 0 Å². The van der Waals surface area contributed by atoms with E-state index in [2.05, 4.69) is 147 Å². The van der Waals surface area contributed by atoms with E-state index in [1.165, 1.54) is 44.4 Å². The van der Waals surface area contributed by atoms with Crippen LogP contribution in [0.4, 0.5) is 11.4 Å². The second-order valence-electron chi connectivity index (χ2n) is 8.43. The zero-order valence-corrected chi connectivity index (χ0v) is 19.3. The normalized spacial score (nSPS) is 11.5. The fraction of sp³-hybridized carbons (Fsp3) is 0.133. The van der Waals surface area contributed by atoms with Gasteiger partial charge >= 0.3 is 0 Å². The molecule has 0 aliphatic carbocycles. The highest BCUT2D eigenvalue weighted by molar-refractivity contribution is 5.99. The van der Waals surface area contributed by atoms with Crippen molar-refractivity contribution in [3.8, 4) is 0 Å². The molecule has 0 radical (unpaired) electrons. The van der Waals surface area contributed by atoms with E-state index in [0.717, 1.165) is 0 Å². The Morgan fingerprint density at radius 1 is 0.438 bits per heavy atom. The van der Waals surface area contributed by atoms with E-state index in [-0.39, 0.29) is 0 Å². The van der Waals surface area contributed by atoms with Crippen LogP contribution in [0.25, 0.3) is 35.1 Å². The smallest absolute Gasteiger partial charge is 0.0361 e. The summed E-state index contributed by atoms with van der Waals surface area (Å²) in [5, 5.41) is 2.53. The summed E-state index contributed by atoms with van der Waals surface area (Å²) < 4.78 is 0. The first-order chi connectivity index (χ1) is 15.5. The third kappa shape index (κ3) is 4.92. The van der Waals surface area contributed by atoms with E-state index >= 15 is 0 Å². The molecule has 32 heavy (non-hydrogen) atoms. The number of fused-ring (bicyclic) bond motifs is 1. The van der Waals surface area contributed by atoms with Crippen LogP contribution < -0.4 is 9.80 Å². The molecule has 2 heteroatoms. The van der Waals surface area contributed by atoms with E-state index < -0.39 is 0 Å². The van der Waals surface area contributed by atoms with Gasteiger partial charge in [0.1, 0.15) is 0 Å². The summed E-state index contributed by atoms with van der Waals surface area (Å²) in [4.78, 5) is 4.23. The fourth-order valence-corrected chi connectivity index (χ4v) is 3.78. The Bertz CT molecular complexity index is 1140. The van der Waals surface area contributed by atoms with Crippen LogP contribution in [-0.2, 0) is 0 Å². The highest BCUT2D eigenvalue weighted by atomic mass is 15.1. The van der Waals surface area contributed by atoms with Crippen LogP contribution in [-0.4, -0.2) is 28.2 Å². The molecule has 4 aromatic rings. The van der Waals surface area contributed by atoms with Gasteiger partial charge in [0.05, 0.1) is 0 Å². The van der Waals surface area contributed by atoms with Gasteiger partial charge in [-0.1, -0.05) is 85.0 Å². The minimum absolute atomic E-state index is 1.20. The van der Waals surface area contributed by atoms with Crippen LogP contribution in [0.3, 0.4) is 0 Å². The van der Waals surface area contributed by atoms with E-state index in [9.17, 15) is 0 Å². The second-order valence-corrected chi connectivity index (χ2v) is 8.43. The zero-order chi connectivity index (χ0) is 22.5. The molecule has 0 spiro atoms. The topological polar surface area (TPSA) is 6.48 Å². The van der Waals surface area contributed by atoms with Crippen molar-refractivity contribution in [2.24, 2.45) is 0 Å². The molecule has 4 aromatic carbocycles. The van der Waals surface area contributed by atoms with Gasteiger partial charge < -0.3 is 9.80 Å². The van der Waals surface area contributed by atoms with Crippen LogP contribution in [0.1, 0.15) is 22.3 Å². The summed E-state index contributed by atoms with van der Waals surface area (Å²) in [5.74, 6) is 0. The second kappa shape index (κ2) is 9.57. The van der Waals surface area contributed by atoms with Crippen molar-refractivity contribution < 1.29 is 0 Å². The maximum atomic E-state index is 2.21. The van der Waals surface area contributed by atoms with E-state index in [1.54, 1.807) is 0 Å². The Morgan fingerprint density at radius 3 is 1.16 bits per heavy atom. The van der Waals surface area contributed by atoms with Crippen LogP contribution >= 0.6 is 0 Å². The Labute approximate surface area is 191 Å². The lowest BCUT2D eigenvalue weighted by Gasteiger charge is -2.12. The highest BCUT2D eigenvalue weighted by Gasteiger charge is 2.03. The monoisotopic (exact) mass is 418 g/mol. The van der Waals surface area contributed by atoms with Gasteiger partial charge in [0.15, 0.2) is 0 Å². The van der Waals surface area contributed by atoms with Crippen molar-refractivity contribution in [3.05, 3.63) is 107 Å². The Balaban J connectivity index is 1.61. The van der Waals surface area contributed by atoms with Crippen LogP contribution in [0.15, 0.2) is 84.9 Å². The van der Waals surface area contributed by atoms with Crippen LogP contribution in [0, 0.1) is 0 Å². The van der Waals surface area contributed by atoms with Gasteiger partial charge in [0.2, 0.25) is 0 Å². The lowest BCUT2D eigenvalue weighted by Crippen LogP contribution is -2.07. The molecule has 0 saturated heterocycles. The van der Waals surface area contributed by atoms with E-state index in [0.29, 0.717) is 0 Å². The number of anilines is 2. The third-order valence-corrected chi connectivity index (χ3v) is 5.72. The lowest BCUT2D eigenvalue weighted by atomic mass is 9.98. The average Bonchev–Trinajstić information content (AvgIpc) is 2.82. The third-order valence-electron chi connectivity index (χ3n) is 5.72. The molecule has 0 aliphatic rings. The highest BCUT2D eigenvalue weighted by Crippen LogP contribution is 2.26. The number of nitrogens with zero attached hydrogens (tertiary/aromatic N) is 2. The number of rotatable bonds is 6. The molecule has 0 amide bonds. The first-order valence-corrected chi connectivity index (χ1v) is 10.9. The molecule has 4 rings (SSSR count). The largest absolute Gasteiger partial charge is 0.378 e. The van der Waals surface area contributed by atoms with Crippen molar-refractivity contribution in [2.75, 3.05) is 38.0 Å². The Morgan fingerprint density at radius 2 is 0.812 bits per heavy atom. The first kappa shape index (κ1) is 21.5. The van der Waals surface area contributed by atoms with Gasteiger partial charge in [-0.2, -0.15) is 0 Å². The standard InChI is InChI=1S/C30H30N2/c1-31(2)27-19-11-23(12-20-27)9-15-25-17-18-26(30-8-6-5-7-29(25)30)16-10-24-13-21-28(22-14-24)32(3)4/h5-22H,1-4H3. The van der Waals surface area contributed by atoms with Gasteiger partial charge in [-0.25, -0.2) is 0 Å². The molecule has 0 aromatic heterocycles. The van der Waals surface area contributed by atoms with Crippen molar-refractivity contribution in [1.29, 1.82) is 0 Å². The molecule has 0 bridgehead atoms. The molecule has 2 nitrogen and oxygen atoms in total. The molecule has 0 aliphatic heterocycles. The number of hydrogen-bond acceptors (Lipinski definition) is 2. The SMILES string of the molecule is CN(C)c1ccc(C=Cc2ccc(C=Cc3ccc(N(C)C)cc3)c3ccccc23)cc1. The molecule has 0 saturated carbocycles. The van der Waals surface area contributed by atoms with Crippen molar-refractivity contribution >= 4 is 46.5 Å². The van der Waals surface area contributed by atoms with Crippen LogP contribution in [0.2, 0.25) is 0 Å². The maximum absolute atomic E-state index is 2.21. The van der Waals surface area contributed by atoms with Gasteiger partial charge in [-0.05, 0) is 57.3 Å². The summed E-state index contributed by atoms with van der Waals surface area (Å²) in [6, 6.07) is 30.3. The van der Waals surface area contributed by atoms with Crippen molar-refractivity contribution in [3.63, 3.8) is 0 Å². The van der Waals surface area contributed by atoms with Crippen molar-refractivity contribution in [1.82, 2.24) is 0 Å². The molecular formula is C30H30N2. The van der Waals surface area contributed by atoms with Gasteiger partial charge in [-0.3, -0.25) is 0 Å². The zero-order valence-electron chi connectivity index (χ0n) is 19.3. The lowest BCUT2D eigenvalue weighted by molar-refractivity contribution is 1.13. The summed E-state index contributed by atoms with van der Waals surface area (Å²) >= 11 is 0. The molecule has 160 valence electrons. The van der Waals surface area contributed by atoms with Crippen LogP contribution in [0.5, 0.6) is 0 Å². The molecule has 0 atom stereocenters. The summed E-state index contributed by atoms with van der Waals surface area (Å²) in [7, 11) is 8.25.